The maximum Gasteiger partial charge on any atom is 1.00 e. The zero-order valence-corrected chi connectivity index (χ0v) is 23.1. The Hall–Kier alpha value is 0.796. The quantitative estimate of drug-likeness (QED) is 0.215. The Morgan fingerprint density at radius 2 is 1.84 bits per heavy atom. The van der Waals surface area contributed by atoms with E-state index < -0.39 is 12.3 Å². The average Bonchev–Trinajstić information content (AvgIpc) is 2.67. The van der Waals surface area contributed by atoms with Crippen molar-refractivity contribution in [3.05, 3.63) is 0 Å². The molecule has 8 nitrogen and oxygen atoms in total. The van der Waals surface area contributed by atoms with Gasteiger partial charge in [0.1, 0.15) is 6.17 Å². The third kappa shape index (κ3) is 13.0. The van der Waals surface area contributed by atoms with Gasteiger partial charge in [-0.3, -0.25) is 4.79 Å². The third-order valence-electron chi connectivity index (χ3n) is 6.25. The van der Waals surface area contributed by atoms with E-state index >= 15 is 0 Å². The number of ether oxygens (including phenoxy) is 1. The van der Waals surface area contributed by atoms with Gasteiger partial charge < -0.3 is 37.3 Å². The van der Waals surface area contributed by atoms with Gasteiger partial charge in [-0.2, -0.15) is 0 Å². The second kappa shape index (κ2) is 17.3. The topological polar surface area (TPSA) is 137 Å². The predicted molar refractivity (Wildman–Crippen MR) is 118 cm³/mol. The number of carbonyl (C=O) groups excluding carboxylic acids is 1. The fraction of sp³-hybridized carbons (Fsp3) is 0.955. The van der Waals surface area contributed by atoms with Crippen molar-refractivity contribution < 1.29 is 70.4 Å². The van der Waals surface area contributed by atoms with Gasteiger partial charge in [0.05, 0.1) is 12.5 Å². The molecule has 5 unspecified atom stereocenters. The van der Waals surface area contributed by atoms with E-state index in [1.54, 1.807) is 7.05 Å². The van der Waals surface area contributed by atoms with Crippen LogP contribution in [0.25, 0.3) is 0 Å². The van der Waals surface area contributed by atoms with Crippen LogP contribution in [0.15, 0.2) is 0 Å². The molecule has 2 aliphatic carbocycles. The molecule has 3 rings (SSSR count). The molecule has 1 amide bonds. The Morgan fingerprint density at radius 3 is 2.44 bits per heavy atom. The van der Waals surface area contributed by atoms with Crippen LogP contribution < -0.4 is 83.9 Å². The molecule has 182 valence electrons. The van der Waals surface area contributed by atoms with Crippen LogP contribution >= 0.6 is 0 Å². The van der Waals surface area contributed by atoms with Crippen molar-refractivity contribution in [1.29, 1.82) is 0 Å². The molecule has 0 spiro atoms. The van der Waals surface area contributed by atoms with Gasteiger partial charge in [-0.25, -0.2) is 4.39 Å². The average molecular weight is 484 g/mol. The Bertz CT molecular complexity index is 500. The van der Waals surface area contributed by atoms with E-state index in [1.165, 1.54) is 32.1 Å². The van der Waals surface area contributed by atoms with Crippen LogP contribution in [-0.4, -0.2) is 75.7 Å². The summed E-state index contributed by atoms with van der Waals surface area (Å²) < 4.78 is 18.8. The van der Waals surface area contributed by atoms with E-state index in [2.05, 4.69) is 16.0 Å². The molecular formula is C22H43FKN5O3. The molecule has 1 heterocycles. The minimum absolute atomic E-state index is 0. The van der Waals surface area contributed by atoms with E-state index in [9.17, 15) is 14.3 Å². The first kappa shape index (κ1) is 30.8. The van der Waals surface area contributed by atoms with Crippen molar-refractivity contribution in [2.75, 3.05) is 33.3 Å². The fourth-order valence-corrected chi connectivity index (χ4v) is 4.58. The molecule has 3 fully saturated rings. The number of hydrogen-bond donors (Lipinski definition) is 5. The molecular weight excluding hydrogens is 440 g/mol. The summed E-state index contributed by atoms with van der Waals surface area (Å²) in [4.78, 5) is 11.5. The number of halogens is 1. The first-order valence-corrected chi connectivity index (χ1v) is 11.9. The molecule has 0 bridgehead atoms. The summed E-state index contributed by atoms with van der Waals surface area (Å²) in [6.45, 7) is 3.28. The number of nitrogens with one attached hydrogen (secondary N) is 3. The standard InChI is InChI=1S/C11H21FN3O2.C11H22N2O.K/c1-14-6-7(12)2-11(17)15-9-3-8(13)4-10(16)5-9;12-10-5-9(6-10)7-13-8-11-3-1-2-4-14-11;/h7-10,14H,2-6,13H2,1H3,(H,15,17);9-11,13H,1-8,12H2;/q-1;;+1. The van der Waals surface area contributed by atoms with Crippen LogP contribution in [0.5, 0.6) is 0 Å². The maximum atomic E-state index is 13.2. The van der Waals surface area contributed by atoms with Crippen molar-refractivity contribution in [3.63, 3.8) is 0 Å². The SMILES string of the molecule is CNCC(F)CC(=O)NC1CC(N)CC([O-])C1.NC1CC(CNCC2CCCCO2)C1.[K+]. The molecule has 0 aromatic heterocycles. The first-order valence-electron chi connectivity index (χ1n) is 11.9. The third-order valence-corrected chi connectivity index (χ3v) is 6.25. The van der Waals surface area contributed by atoms with Gasteiger partial charge in [0.2, 0.25) is 5.91 Å². The van der Waals surface area contributed by atoms with Gasteiger partial charge in [0.15, 0.2) is 0 Å². The second-order valence-electron chi connectivity index (χ2n) is 9.46. The number of nitrogens with two attached hydrogens (primary N) is 2. The van der Waals surface area contributed by atoms with Gasteiger partial charge in [0, 0.05) is 37.8 Å². The molecule has 0 aromatic carbocycles. The van der Waals surface area contributed by atoms with Crippen LogP contribution in [0.4, 0.5) is 4.39 Å². The van der Waals surface area contributed by atoms with Gasteiger partial charge in [-0.15, -0.1) is 6.10 Å². The molecule has 1 saturated heterocycles. The van der Waals surface area contributed by atoms with E-state index in [-0.39, 0.29) is 82.3 Å². The summed E-state index contributed by atoms with van der Waals surface area (Å²) in [7, 11) is 1.63. The smallest absolute Gasteiger partial charge is 0.852 e. The zero-order chi connectivity index (χ0) is 22.6. The van der Waals surface area contributed by atoms with Crippen LogP contribution in [0, 0.1) is 5.92 Å². The molecule has 0 radical (unpaired) electrons. The second-order valence-corrected chi connectivity index (χ2v) is 9.46. The molecule has 5 atom stereocenters. The number of alkyl halides is 1. The molecule has 2 saturated carbocycles. The summed E-state index contributed by atoms with van der Waals surface area (Å²) in [5, 5.41) is 20.2. The van der Waals surface area contributed by atoms with Gasteiger partial charge in [0.25, 0.3) is 0 Å². The largest absolute Gasteiger partial charge is 1.00 e. The van der Waals surface area contributed by atoms with Gasteiger partial charge in [-0.1, -0.05) is 6.42 Å². The van der Waals surface area contributed by atoms with Crippen LogP contribution in [-0.2, 0) is 9.53 Å². The van der Waals surface area contributed by atoms with E-state index in [0.29, 0.717) is 31.4 Å². The van der Waals surface area contributed by atoms with Crippen molar-refractivity contribution in [2.45, 2.75) is 94.3 Å². The summed E-state index contributed by atoms with van der Waals surface area (Å²) in [5.41, 5.74) is 11.4. The first-order chi connectivity index (χ1) is 14.9. The minimum Gasteiger partial charge on any atom is -0.852 e. The van der Waals surface area contributed by atoms with Crippen LogP contribution in [0.3, 0.4) is 0 Å². The molecule has 1 aliphatic heterocycles. The Kier molecular flexibility index (Phi) is 16.6. The summed E-state index contributed by atoms with van der Waals surface area (Å²) in [6, 6.07) is 0.123. The minimum atomic E-state index is -1.19. The van der Waals surface area contributed by atoms with Crippen molar-refractivity contribution in [3.8, 4) is 0 Å². The normalized spacial score (nSPS) is 33.0. The zero-order valence-electron chi connectivity index (χ0n) is 20.0. The van der Waals surface area contributed by atoms with Crippen molar-refractivity contribution in [1.82, 2.24) is 16.0 Å². The van der Waals surface area contributed by atoms with Gasteiger partial charge >= 0.3 is 51.4 Å². The summed E-state index contributed by atoms with van der Waals surface area (Å²) >= 11 is 0. The van der Waals surface area contributed by atoms with Gasteiger partial charge in [-0.05, 0) is 64.5 Å². The molecule has 32 heavy (non-hydrogen) atoms. The number of hydrogen-bond acceptors (Lipinski definition) is 7. The Labute approximate surface area is 235 Å². The fourth-order valence-electron chi connectivity index (χ4n) is 4.58. The van der Waals surface area contributed by atoms with E-state index in [1.807, 2.05) is 0 Å². The maximum absolute atomic E-state index is 13.2. The Balaban J connectivity index is 0.000000315. The number of carbonyl (C=O) groups is 1. The van der Waals surface area contributed by atoms with Crippen LogP contribution in [0.1, 0.15) is 57.8 Å². The molecule has 10 heteroatoms. The van der Waals surface area contributed by atoms with Crippen molar-refractivity contribution >= 4 is 5.91 Å². The molecule has 7 N–H and O–H groups in total. The predicted octanol–water partition coefficient (Wildman–Crippen LogP) is -3.45. The summed E-state index contributed by atoms with van der Waals surface area (Å²) in [5.74, 6) is 0.479. The number of rotatable bonds is 9. The number of amides is 1. The van der Waals surface area contributed by atoms with Crippen LogP contribution in [0.2, 0.25) is 0 Å². The Morgan fingerprint density at radius 1 is 1.12 bits per heavy atom. The molecule has 0 aromatic rings. The van der Waals surface area contributed by atoms with E-state index in [0.717, 1.165) is 25.6 Å². The summed E-state index contributed by atoms with van der Waals surface area (Å²) in [6.07, 6.45) is 6.06. The van der Waals surface area contributed by atoms with E-state index in [4.69, 9.17) is 16.2 Å². The monoisotopic (exact) mass is 483 g/mol. The van der Waals surface area contributed by atoms with Crippen molar-refractivity contribution in [2.24, 2.45) is 17.4 Å². The molecule has 3 aliphatic rings.